The molecule has 2 fully saturated rings. The summed E-state index contributed by atoms with van der Waals surface area (Å²) in [5.74, 6) is -2.12. The molecule has 10 heteroatoms. The average Bonchev–Trinajstić information content (AvgIpc) is 3.45. The van der Waals surface area contributed by atoms with Crippen LogP contribution in [-0.2, 0) is 0 Å². The minimum absolute atomic E-state index is 0.168. The van der Waals surface area contributed by atoms with Crippen LogP contribution < -0.4 is 14.4 Å². The first-order chi connectivity index (χ1) is 14.7. The maximum absolute atomic E-state index is 14.7. The van der Waals surface area contributed by atoms with Gasteiger partial charge >= 0.3 is 6.01 Å². The third kappa shape index (κ3) is 3.24. The third-order valence-corrected chi connectivity index (χ3v) is 6.11. The van der Waals surface area contributed by atoms with E-state index in [1.54, 1.807) is 35.5 Å². The SMILES string of the molecule is COc1ncc(-c2cc(N3CC(C)(C)C(F)(F)C3)c3nc(C4CC4)cn3n2)c(OC)n1. The van der Waals surface area contributed by atoms with E-state index in [4.69, 9.17) is 14.5 Å². The normalized spacial score (nSPS) is 19.7. The zero-order chi connectivity index (χ0) is 22.0. The quantitative estimate of drug-likeness (QED) is 0.612. The lowest BCUT2D eigenvalue weighted by atomic mass is 9.89. The molecule has 3 aromatic rings. The second-order valence-corrected chi connectivity index (χ2v) is 8.85. The van der Waals surface area contributed by atoms with Crippen molar-refractivity contribution >= 4 is 11.3 Å². The fraction of sp³-hybridized carbons (Fsp3) is 0.524. The Morgan fingerprint density at radius 2 is 1.87 bits per heavy atom. The first kappa shape index (κ1) is 19.9. The molecule has 1 aliphatic heterocycles. The summed E-state index contributed by atoms with van der Waals surface area (Å²) in [5, 5.41) is 4.68. The number of nitrogens with zero attached hydrogens (tertiary/aromatic N) is 6. The van der Waals surface area contributed by atoms with E-state index >= 15 is 0 Å². The van der Waals surface area contributed by atoms with Gasteiger partial charge in [-0.25, -0.2) is 23.3 Å². The number of methoxy groups -OCH3 is 2. The molecule has 0 N–H and O–H groups in total. The summed E-state index contributed by atoms with van der Waals surface area (Å²) < 4.78 is 41.5. The summed E-state index contributed by atoms with van der Waals surface area (Å²) in [6.07, 6.45) is 5.61. The number of fused-ring (bicyclic) bond motifs is 1. The number of hydrogen-bond donors (Lipinski definition) is 0. The molecule has 2 aliphatic rings. The van der Waals surface area contributed by atoms with Gasteiger partial charge in [0, 0.05) is 24.1 Å². The van der Waals surface area contributed by atoms with Crippen molar-refractivity contribution in [3.05, 3.63) is 24.2 Å². The van der Waals surface area contributed by atoms with Crippen LogP contribution in [0.1, 0.15) is 38.3 Å². The van der Waals surface area contributed by atoms with Crippen LogP contribution in [0.3, 0.4) is 0 Å². The zero-order valence-corrected chi connectivity index (χ0v) is 17.9. The van der Waals surface area contributed by atoms with E-state index in [9.17, 15) is 8.78 Å². The van der Waals surface area contributed by atoms with Crippen molar-refractivity contribution < 1.29 is 18.3 Å². The molecule has 164 valence electrons. The average molecular weight is 430 g/mol. The Bertz CT molecular complexity index is 1140. The number of ether oxygens (including phenoxy) is 2. The lowest BCUT2D eigenvalue weighted by molar-refractivity contribution is -0.0642. The van der Waals surface area contributed by atoms with Gasteiger partial charge in [-0.15, -0.1) is 0 Å². The molecule has 0 spiro atoms. The van der Waals surface area contributed by atoms with Gasteiger partial charge < -0.3 is 14.4 Å². The molecule has 31 heavy (non-hydrogen) atoms. The van der Waals surface area contributed by atoms with Gasteiger partial charge in [0.25, 0.3) is 5.92 Å². The predicted octanol–water partition coefficient (Wildman–Crippen LogP) is 3.56. The Kier molecular flexibility index (Phi) is 4.32. The monoisotopic (exact) mass is 430 g/mol. The third-order valence-electron chi connectivity index (χ3n) is 6.11. The van der Waals surface area contributed by atoms with Gasteiger partial charge in [0.2, 0.25) is 5.88 Å². The van der Waals surface area contributed by atoms with Crippen LogP contribution in [0, 0.1) is 5.41 Å². The number of aromatic nitrogens is 5. The molecule has 8 nitrogen and oxygen atoms in total. The molecule has 0 aromatic carbocycles. The minimum atomic E-state index is -2.82. The van der Waals surface area contributed by atoms with Crippen molar-refractivity contribution in [1.29, 1.82) is 0 Å². The maximum atomic E-state index is 14.7. The van der Waals surface area contributed by atoms with E-state index in [0.29, 0.717) is 34.4 Å². The number of alkyl halides is 2. The van der Waals surface area contributed by atoms with E-state index in [0.717, 1.165) is 18.5 Å². The number of anilines is 1. The van der Waals surface area contributed by atoms with Gasteiger partial charge in [-0.1, -0.05) is 13.8 Å². The first-order valence-corrected chi connectivity index (χ1v) is 10.2. The van der Waals surface area contributed by atoms with Crippen molar-refractivity contribution in [3.63, 3.8) is 0 Å². The fourth-order valence-corrected chi connectivity index (χ4v) is 3.97. The summed E-state index contributed by atoms with van der Waals surface area (Å²) in [7, 11) is 2.97. The second-order valence-electron chi connectivity index (χ2n) is 8.85. The first-order valence-electron chi connectivity index (χ1n) is 10.2. The van der Waals surface area contributed by atoms with Crippen LogP contribution in [-0.4, -0.2) is 57.8 Å². The summed E-state index contributed by atoms with van der Waals surface area (Å²) in [5.41, 5.74) is 2.02. The number of hydrogen-bond acceptors (Lipinski definition) is 7. The van der Waals surface area contributed by atoms with Crippen molar-refractivity contribution in [2.75, 3.05) is 32.2 Å². The highest BCUT2D eigenvalue weighted by Crippen LogP contribution is 2.46. The van der Waals surface area contributed by atoms with Crippen LogP contribution in [0.4, 0.5) is 14.5 Å². The van der Waals surface area contributed by atoms with Crippen LogP contribution in [0.25, 0.3) is 16.9 Å². The molecule has 5 rings (SSSR count). The molecular formula is C21H24F2N6O2. The van der Waals surface area contributed by atoms with Crippen LogP contribution in [0.15, 0.2) is 18.5 Å². The Morgan fingerprint density at radius 3 is 2.48 bits per heavy atom. The number of halogens is 2. The molecule has 0 atom stereocenters. The van der Waals surface area contributed by atoms with Crippen LogP contribution >= 0.6 is 0 Å². The second kappa shape index (κ2) is 6.73. The molecule has 1 saturated heterocycles. The predicted molar refractivity (Wildman–Crippen MR) is 110 cm³/mol. The Morgan fingerprint density at radius 1 is 1.10 bits per heavy atom. The highest BCUT2D eigenvalue weighted by Gasteiger charge is 2.54. The summed E-state index contributed by atoms with van der Waals surface area (Å²) >= 11 is 0. The van der Waals surface area contributed by atoms with Gasteiger partial charge in [0.15, 0.2) is 5.65 Å². The molecule has 1 saturated carbocycles. The van der Waals surface area contributed by atoms with Crippen molar-refractivity contribution in [2.45, 2.75) is 38.5 Å². The van der Waals surface area contributed by atoms with Crippen LogP contribution in [0.5, 0.6) is 11.9 Å². The van der Waals surface area contributed by atoms with E-state index in [2.05, 4.69) is 15.1 Å². The molecule has 0 bridgehead atoms. The standard InChI is InChI=1S/C21H24F2N6O2/c1-20(2)10-28(11-21(20,22)23)16-7-14(13-8-24-19(31-4)26-18(13)30-3)27-29-9-15(12-5-6-12)25-17(16)29/h7-9,12H,5-6,10-11H2,1-4H3. The summed E-state index contributed by atoms with van der Waals surface area (Å²) in [4.78, 5) is 14.8. The smallest absolute Gasteiger partial charge is 0.319 e. The van der Waals surface area contributed by atoms with Gasteiger partial charge in [-0.2, -0.15) is 10.1 Å². The topological polar surface area (TPSA) is 77.7 Å². The van der Waals surface area contributed by atoms with E-state index in [-0.39, 0.29) is 19.1 Å². The number of imidazole rings is 1. The molecule has 4 heterocycles. The van der Waals surface area contributed by atoms with Gasteiger partial charge in [-0.3, -0.25) is 0 Å². The molecule has 0 unspecified atom stereocenters. The van der Waals surface area contributed by atoms with Gasteiger partial charge in [-0.05, 0) is 18.9 Å². The number of rotatable bonds is 5. The van der Waals surface area contributed by atoms with Gasteiger partial charge in [0.1, 0.15) is 5.69 Å². The lowest BCUT2D eigenvalue weighted by Gasteiger charge is -2.24. The molecule has 0 amide bonds. The minimum Gasteiger partial charge on any atom is -0.480 e. The molecule has 0 radical (unpaired) electrons. The highest BCUT2D eigenvalue weighted by molar-refractivity contribution is 5.77. The summed E-state index contributed by atoms with van der Waals surface area (Å²) in [6, 6.07) is 1.94. The van der Waals surface area contributed by atoms with Gasteiger partial charge in [0.05, 0.1) is 43.9 Å². The Balaban J connectivity index is 1.68. The Labute approximate surface area is 178 Å². The Hall–Kier alpha value is -3.04. The van der Waals surface area contributed by atoms with Crippen molar-refractivity contribution in [3.8, 4) is 23.1 Å². The molecular weight excluding hydrogens is 406 g/mol. The van der Waals surface area contributed by atoms with Crippen LogP contribution in [0.2, 0.25) is 0 Å². The van der Waals surface area contributed by atoms with E-state index in [1.807, 2.05) is 6.20 Å². The molecule has 1 aliphatic carbocycles. The fourth-order valence-electron chi connectivity index (χ4n) is 3.97. The van der Waals surface area contributed by atoms with E-state index < -0.39 is 11.3 Å². The summed E-state index contributed by atoms with van der Waals surface area (Å²) in [6.45, 7) is 3.02. The maximum Gasteiger partial charge on any atom is 0.319 e. The van der Waals surface area contributed by atoms with E-state index in [1.165, 1.54) is 14.2 Å². The van der Waals surface area contributed by atoms with Crippen molar-refractivity contribution in [2.24, 2.45) is 5.41 Å². The van der Waals surface area contributed by atoms with Crippen molar-refractivity contribution in [1.82, 2.24) is 24.6 Å². The largest absolute Gasteiger partial charge is 0.480 e. The lowest BCUT2D eigenvalue weighted by Crippen LogP contribution is -2.34. The highest BCUT2D eigenvalue weighted by atomic mass is 19.3. The molecule has 3 aromatic heterocycles. The zero-order valence-electron chi connectivity index (χ0n) is 17.9.